The number of sulfone groups is 1. The Bertz CT molecular complexity index is 1520. The number of nitrogens with zero attached hydrogens (tertiary/aromatic N) is 3. The van der Waals surface area contributed by atoms with Gasteiger partial charge in [0.1, 0.15) is 12.5 Å². The Balaban J connectivity index is 0.000000455. The molecule has 4 heterocycles. The number of carbonyl (C=O) groups is 1. The van der Waals surface area contributed by atoms with E-state index in [-0.39, 0.29) is 15.7 Å². The van der Waals surface area contributed by atoms with Crippen LogP contribution in [0.2, 0.25) is 0 Å². The fourth-order valence-corrected chi connectivity index (χ4v) is 6.57. The summed E-state index contributed by atoms with van der Waals surface area (Å²) in [5.41, 5.74) is 7.03. The highest BCUT2D eigenvalue weighted by Crippen LogP contribution is 2.44. The maximum Gasteiger partial charge on any atom is 0.233 e. The topological polar surface area (TPSA) is 154 Å². The number of benzene rings is 2. The number of hydrogen-bond donors (Lipinski definition) is 2. The Hall–Kier alpha value is -4.16. The monoisotopic (exact) mass is 551 g/mol. The van der Waals surface area contributed by atoms with E-state index in [1.165, 1.54) is 12.5 Å². The molecule has 3 N–H and O–H groups in total. The van der Waals surface area contributed by atoms with Gasteiger partial charge in [0, 0.05) is 32.4 Å². The van der Waals surface area contributed by atoms with Gasteiger partial charge in [-0.25, -0.2) is 8.42 Å². The summed E-state index contributed by atoms with van der Waals surface area (Å²) in [5, 5.41) is 9.94. The second-order valence-corrected chi connectivity index (χ2v) is 11.3. The lowest BCUT2D eigenvalue weighted by atomic mass is 9.84. The molecule has 12 heteroatoms. The molecule has 1 amide bonds. The van der Waals surface area contributed by atoms with Crippen molar-refractivity contribution in [3.63, 3.8) is 0 Å². The molecule has 2 aromatic carbocycles. The molecule has 0 bridgehead atoms. The van der Waals surface area contributed by atoms with Gasteiger partial charge < -0.3 is 29.7 Å². The molecular weight excluding hydrogens is 522 g/mol. The van der Waals surface area contributed by atoms with Gasteiger partial charge in [0.05, 0.1) is 27.1 Å². The van der Waals surface area contributed by atoms with Crippen LogP contribution in [-0.4, -0.2) is 44.9 Å². The van der Waals surface area contributed by atoms with E-state index in [4.69, 9.17) is 15.0 Å². The third-order valence-corrected chi connectivity index (χ3v) is 8.77. The van der Waals surface area contributed by atoms with Gasteiger partial charge in [0.2, 0.25) is 15.7 Å². The maximum absolute atomic E-state index is 13.3. The van der Waals surface area contributed by atoms with E-state index in [1.54, 1.807) is 42.5 Å². The normalized spacial score (nSPS) is 16.8. The van der Waals surface area contributed by atoms with Crippen LogP contribution >= 0.6 is 0 Å². The Morgan fingerprint density at radius 1 is 1.03 bits per heavy atom. The molecule has 6 rings (SSSR count). The molecule has 0 saturated carbocycles. The Labute approximate surface area is 225 Å². The van der Waals surface area contributed by atoms with Crippen LogP contribution in [0.15, 0.2) is 86.0 Å². The number of nitrogen functional groups attached to an aromatic ring is 1. The molecule has 11 nitrogen and oxygen atoms in total. The molecule has 204 valence electrons. The van der Waals surface area contributed by atoms with Crippen LogP contribution in [-0.2, 0) is 19.4 Å². The number of anilines is 4. The summed E-state index contributed by atoms with van der Waals surface area (Å²) in [5.74, 6) is 0.448. The van der Waals surface area contributed by atoms with Gasteiger partial charge in [-0.1, -0.05) is 28.5 Å². The molecule has 0 aliphatic carbocycles. The highest BCUT2D eigenvalue weighted by atomic mass is 32.2. The summed E-state index contributed by atoms with van der Waals surface area (Å²) >= 11 is 0. The van der Waals surface area contributed by atoms with Crippen molar-refractivity contribution in [1.29, 1.82) is 0 Å². The Morgan fingerprint density at radius 3 is 2.41 bits per heavy atom. The van der Waals surface area contributed by atoms with E-state index in [2.05, 4.69) is 20.2 Å². The Morgan fingerprint density at radius 2 is 1.74 bits per heavy atom. The van der Waals surface area contributed by atoms with Crippen molar-refractivity contribution >= 4 is 38.8 Å². The number of nitrogens with one attached hydrogen (secondary N) is 1. The maximum atomic E-state index is 13.3. The second kappa shape index (κ2) is 11.3. The molecule has 4 aromatic rings. The van der Waals surface area contributed by atoms with Crippen LogP contribution in [0, 0.1) is 5.92 Å². The van der Waals surface area contributed by atoms with Crippen LogP contribution in [0.3, 0.4) is 0 Å². The van der Waals surface area contributed by atoms with Gasteiger partial charge in [0.15, 0.2) is 11.6 Å². The van der Waals surface area contributed by atoms with Crippen LogP contribution < -0.4 is 16.0 Å². The number of nitrogens with two attached hydrogens (primary N) is 1. The standard InChI is InChI=1S/C24H25N3O5S.C3H4N2O/c1-27-19-4-2-3-5-21(19)33(29,30)22-7-6-17(15-20(22)27)18(14-16-8-11-31-12-9-16)24(28)25-23-10-13-32-26-23;4-3-1-2-6-5-3/h2-7,10,13,15-16,18H,8-9,11-12,14H2,1H3,(H,25,26,28);1-2H,(H2,4,5). The summed E-state index contributed by atoms with van der Waals surface area (Å²) in [4.78, 5) is 15.7. The third kappa shape index (κ3) is 5.66. The summed E-state index contributed by atoms with van der Waals surface area (Å²) in [6, 6.07) is 15.3. The zero-order valence-corrected chi connectivity index (χ0v) is 22.1. The van der Waals surface area contributed by atoms with Crippen LogP contribution in [0.25, 0.3) is 0 Å². The zero-order valence-electron chi connectivity index (χ0n) is 21.3. The zero-order chi connectivity index (χ0) is 27.4. The van der Waals surface area contributed by atoms with Crippen molar-refractivity contribution in [2.45, 2.75) is 35.0 Å². The number of ether oxygens (including phenoxy) is 1. The molecule has 2 aliphatic heterocycles. The van der Waals surface area contributed by atoms with Crippen molar-refractivity contribution in [2.75, 3.05) is 36.2 Å². The minimum absolute atomic E-state index is 0.197. The highest BCUT2D eigenvalue weighted by Gasteiger charge is 2.34. The first kappa shape index (κ1) is 26.4. The molecule has 39 heavy (non-hydrogen) atoms. The summed E-state index contributed by atoms with van der Waals surface area (Å²) < 4.78 is 41.2. The molecule has 1 saturated heterocycles. The minimum Gasteiger partial charge on any atom is -0.381 e. The number of hydrogen-bond acceptors (Lipinski definition) is 10. The fourth-order valence-electron chi connectivity index (χ4n) is 4.87. The summed E-state index contributed by atoms with van der Waals surface area (Å²) in [6.07, 6.45) is 5.24. The largest absolute Gasteiger partial charge is 0.381 e. The van der Waals surface area contributed by atoms with E-state index >= 15 is 0 Å². The van der Waals surface area contributed by atoms with Crippen LogP contribution in [0.5, 0.6) is 0 Å². The van der Waals surface area contributed by atoms with Gasteiger partial charge in [-0.05, 0) is 55.0 Å². The molecule has 0 spiro atoms. The van der Waals surface area contributed by atoms with Crippen molar-refractivity contribution < 1.29 is 27.0 Å². The minimum atomic E-state index is -3.65. The molecule has 2 aliphatic rings. The smallest absolute Gasteiger partial charge is 0.233 e. The number of fused-ring (bicyclic) bond motifs is 2. The quantitative estimate of drug-likeness (QED) is 0.365. The molecule has 2 aromatic heterocycles. The predicted molar refractivity (Wildman–Crippen MR) is 143 cm³/mol. The van der Waals surface area contributed by atoms with Gasteiger partial charge in [-0.2, -0.15) is 0 Å². The van der Waals surface area contributed by atoms with Gasteiger partial charge in [-0.15, -0.1) is 0 Å². The molecular formula is C27H29N5O6S. The first-order valence-electron chi connectivity index (χ1n) is 12.5. The molecule has 0 radical (unpaired) electrons. The van der Waals surface area contributed by atoms with Crippen molar-refractivity contribution in [3.8, 4) is 0 Å². The second-order valence-electron chi connectivity index (χ2n) is 9.40. The summed E-state index contributed by atoms with van der Waals surface area (Å²) in [6.45, 7) is 1.37. The van der Waals surface area contributed by atoms with Crippen molar-refractivity contribution in [3.05, 3.63) is 72.7 Å². The highest BCUT2D eigenvalue weighted by molar-refractivity contribution is 7.92. The predicted octanol–water partition coefficient (Wildman–Crippen LogP) is 4.38. The van der Waals surface area contributed by atoms with Gasteiger partial charge in [-0.3, -0.25) is 4.79 Å². The van der Waals surface area contributed by atoms with Crippen molar-refractivity contribution in [1.82, 2.24) is 10.3 Å². The van der Waals surface area contributed by atoms with E-state index in [0.717, 1.165) is 18.4 Å². The van der Waals surface area contributed by atoms with E-state index in [0.29, 0.717) is 48.6 Å². The first-order chi connectivity index (χ1) is 18.8. The van der Waals surface area contributed by atoms with Crippen LogP contribution in [0.4, 0.5) is 23.0 Å². The lowest BCUT2D eigenvalue weighted by Gasteiger charge is -2.31. The number of carbonyl (C=O) groups excluding carboxylic acids is 1. The molecule has 1 fully saturated rings. The van der Waals surface area contributed by atoms with Gasteiger partial charge >= 0.3 is 0 Å². The summed E-state index contributed by atoms with van der Waals surface area (Å²) in [7, 11) is -1.80. The first-order valence-corrected chi connectivity index (χ1v) is 14.0. The fraction of sp³-hybridized carbons (Fsp3) is 0.296. The number of aromatic nitrogens is 2. The average molecular weight is 552 g/mol. The van der Waals surface area contributed by atoms with Crippen molar-refractivity contribution in [2.24, 2.45) is 5.92 Å². The lowest BCUT2D eigenvalue weighted by Crippen LogP contribution is -2.27. The van der Waals surface area contributed by atoms with Crippen LogP contribution in [0.1, 0.15) is 30.7 Å². The third-order valence-electron chi connectivity index (χ3n) is 6.93. The molecule has 1 atom stereocenters. The Kier molecular flexibility index (Phi) is 7.66. The van der Waals surface area contributed by atoms with Gasteiger partial charge in [0.25, 0.3) is 0 Å². The van der Waals surface area contributed by atoms with E-state index in [9.17, 15) is 13.2 Å². The molecule has 1 unspecified atom stereocenters. The lowest BCUT2D eigenvalue weighted by molar-refractivity contribution is -0.118. The van der Waals surface area contributed by atoms with E-state index in [1.807, 2.05) is 24.1 Å². The number of para-hydroxylation sites is 1. The average Bonchev–Trinajstić information content (AvgIpc) is 3.65. The van der Waals surface area contributed by atoms with E-state index < -0.39 is 15.8 Å². The number of amides is 1. The number of rotatable bonds is 5. The SMILES string of the molecule is CN1c2ccccc2S(=O)(=O)c2ccc(C(CC3CCOCC3)C(=O)Nc3ccon3)cc21.Nc1ccon1.